The number of carboxylic acid groups (broad SMARTS) is 1. The summed E-state index contributed by atoms with van der Waals surface area (Å²) in [6.45, 7) is 2.75. The van der Waals surface area contributed by atoms with E-state index in [0.29, 0.717) is 19.5 Å². The highest BCUT2D eigenvalue weighted by Gasteiger charge is 2.37. The summed E-state index contributed by atoms with van der Waals surface area (Å²) in [7, 11) is 0. The molecule has 0 radical (unpaired) electrons. The molecule has 1 rings (SSSR count). The molecular formula is C8H14N2O3. The van der Waals surface area contributed by atoms with Crippen LogP contribution in [0.25, 0.3) is 0 Å². The van der Waals surface area contributed by atoms with E-state index in [2.05, 4.69) is 0 Å². The van der Waals surface area contributed by atoms with Crippen molar-refractivity contribution in [2.24, 2.45) is 11.7 Å². The first-order chi connectivity index (χ1) is 6.06. The number of amides is 1. The topological polar surface area (TPSA) is 83.6 Å². The third-order valence-electron chi connectivity index (χ3n) is 2.41. The molecule has 5 heteroatoms. The van der Waals surface area contributed by atoms with Gasteiger partial charge >= 0.3 is 5.97 Å². The van der Waals surface area contributed by atoms with Gasteiger partial charge in [0.1, 0.15) is 0 Å². The molecular weight excluding hydrogens is 172 g/mol. The summed E-state index contributed by atoms with van der Waals surface area (Å²) in [5.41, 5.74) is 5.15. The molecule has 74 valence electrons. The number of carbonyl (C=O) groups excluding carboxylic acids is 1. The van der Waals surface area contributed by atoms with Crippen LogP contribution in [-0.4, -0.2) is 41.0 Å². The number of nitrogens with zero attached hydrogens (tertiary/aromatic N) is 1. The Kier molecular flexibility index (Phi) is 2.87. The van der Waals surface area contributed by atoms with Crippen LogP contribution in [0.4, 0.5) is 0 Å². The Labute approximate surface area is 76.5 Å². The summed E-state index contributed by atoms with van der Waals surface area (Å²) in [4.78, 5) is 23.1. The first-order valence-electron chi connectivity index (χ1n) is 4.32. The predicted octanol–water partition coefficient (Wildman–Crippen LogP) is -0.733. The zero-order chi connectivity index (χ0) is 10.0. The normalized spacial score (nSPS) is 20.7. The van der Waals surface area contributed by atoms with Crippen LogP contribution in [0.5, 0.6) is 0 Å². The predicted molar refractivity (Wildman–Crippen MR) is 46.0 cm³/mol. The van der Waals surface area contributed by atoms with Crippen molar-refractivity contribution in [2.45, 2.75) is 19.4 Å². The Hall–Kier alpha value is -1.10. The summed E-state index contributed by atoms with van der Waals surface area (Å²) in [6.07, 6.45) is 0.641. The molecule has 13 heavy (non-hydrogen) atoms. The second-order valence-corrected chi connectivity index (χ2v) is 3.32. The zero-order valence-corrected chi connectivity index (χ0v) is 7.56. The molecule has 0 aromatic rings. The maximum Gasteiger partial charge on any atom is 0.309 e. The lowest BCUT2D eigenvalue weighted by molar-refractivity contribution is -0.150. The molecule has 3 N–H and O–H groups in total. The SMILES string of the molecule is CCC(C(N)=O)N1CC(C(=O)O)C1. The molecule has 0 saturated carbocycles. The average molecular weight is 186 g/mol. The number of aliphatic carboxylic acids is 1. The number of primary amides is 1. The van der Waals surface area contributed by atoms with E-state index in [-0.39, 0.29) is 17.9 Å². The van der Waals surface area contributed by atoms with E-state index >= 15 is 0 Å². The molecule has 0 aliphatic carbocycles. The minimum absolute atomic E-state index is 0.296. The zero-order valence-electron chi connectivity index (χ0n) is 7.56. The molecule has 1 unspecified atom stereocenters. The van der Waals surface area contributed by atoms with Crippen molar-refractivity contribution in [3.05, 3.63) is 0 Å². The van der Waals surface area contributed by atoms with Crippen LogP contribution in [-0.2, 0) is 9.59 Å². The molecule has 1 fully saturated rings. The Morgan fingerprint density at radius 1 is 1.62 bits per heavy atom. The van der Waals surface area contributed by atoms with E-state index in [9.17, 15) is 9.59 Å². The highest BCUT2D eigenvalue weighted by molar-refractivity contribution is 5.80. The van der Waals surface area contributed by atoms with Gasteiger partial charge in [-0.3, -0.25) is 14.5 Å². The molecule has 1 aliphatic rings. The number of carbonyl (C=O) groups is 2. The van der Waals surface area contributed by atoms with Crippen molar-refractivity contribution in [3.8, 4) is 0 Å². The van der Waals surface area contributed by atoms with Crippen molar-refractivity contribution in [3.63, 3.8) is 0 Å². The molecule has 1 saturated heterocycles. The molecule has 0 bridgehead atoms. The molecule has 1 heterocycles. The second-order valence-electron chi connectivity index (χ2n) is 3.32. The highest BCUT2D eigenvalue weighted by atomic mass is 16.4. The lowest BCUT2D eigenvalue weighted by Gasteiger charge is -2.40. The lowest BCUT2D eigenvalue weighted by Crippen LogP contribution is -2.58. The lowest BCUT2D eigenvalue weighted by atomic mass is 9.96. The summed E-state index contributed by atoms with van der Waals surface area (Å²) < 4.78 is 0. The monoisotopic (exact) mass is 186 g/mol. The van der Waals surface area contributed by atoms with Crippen molar-refractivity contribution in [1.29, 1.82) is 0 Å². The quantitative estimate of drug-likeness (QED) is 0.606. The van der Waals surface area contributed by atoms with Crippen LogP contribution < -0.4 is 5.73 Å². The first-order valence-corrected chi connectivity index (χ1v) is 4.32. The molecule has 1 aliphatic heterocycles. The molecule has 0 spiro atoms. The van der Waals surface area contributed by atoms with E-state index in [1.165, 1.54) is 0 Å². The smallest absolute Gasteiger partial charge is 0.309 e. The maximum atomic E-state index is 10.9. The number of nitrogens with two attached hydrogens (primary N) is 1. The van der Waals surface area contributed by atoms with Crippen molar-refractivity contribution >= 4 is 11.9 Å². The Morgan fingerprint density at radius 2 is 2.15 bits per heavy atom. The van der Waals surface area contributed by atoms with Gasteiger partial charge in [-0.2, -0.15) is 0 Å². The van der Waals surface area contributed by atoms with Crippen LogP contribution in [0.3, 0.4) is 0 Å². The maximum absolute atomic E-state index is 10.9. The number of carboxylic acids is 1. The van der Waals surface area contributed by atoms with Crippen molar-refractivity contribution in [1.82, 2.24) is 4.90 Å². The number of rotatable bonds is 4. The minimum Gasteiger partial charge on any atom is -0.481 e. The fraction of sp³-hybridized carbons (Fsp3) is 0.750. The van der Waals surface area contributed by atoms with Gasteiger partial charge in [-0.15, -0.1) is 0 Å². The molecule has 1 atom stereocenters. The highest BCUT2D eigenvalue weighted by Crippen LogP contribution is 2.19. The summed E-state index contributed by atoms with van der Waals surface area (Å²) >= 11 is 0. The van der Waals surface area contributed by atoms with E-state index in [4.69, 9.17) is 10.8 Å². The standard InChI is InChI=1S/C8H14N2O3/c1-2-6(7(9)11)10-3-5(4-10)8(12)13/h5-6H,2-4H2,1H3,(H2,9,11)(H,12,13). The summed E-state index contributed by atoms with van der Waals surface area (Å²) in [6, 6.07) is -0.296. The number of likely N-dealkylation sites (tertiary alicyclic amines) is 1. The van der Waals surface area contributed by atoms with Gasteiger partial charge in [-0.1, -0.05) is 6.92 Å². The Balaban J connectivity index is 2.41. The van der Waals surface area contributed by atoms with Gasteiger partial charge in [0.05, 0.1) is 12.0 Å². The van der Waals surface area contributed by atoms with E-state index in [1.807, 2.05) is 6.92 Å². The molecule has 1 amide bonds. The van der Waals surface area contributed by atoms with Gasteiger partial charge in [0.2, 0.25) is 5.91 Å². The van der Waals surface area contributed by atoms with Gasteiger partial charge in [0, 0.05) is 13.1 Å². The summed E-state index contributed by atoms with van der Waals surface area (Å²) in [5, 5.41) is 8.60. The van der Waals surface area contributed by atoms with Gasteiger partial charge in [0.25, 0.3) is 0 Å². The van der Waals surface area contributed by atoms with Crippen molar-refractivity contribution in [2.75, 3.05) is 13.1 Å². The second kappa shape index (κ2) is 3.74. The Morgan fingerprint density at radius 3 is 2.46 bits per heavy atom. The van der Waals surface area contributed by atoms with E-state index in [0.717, 1.165) is 0 Å². The van der Waals surface area contributed by atoms with Gasteiger partial charge in [0.15, 0.2) is 0 Å². The third-order valence-corrected chi connectivity index (χ3v) is 2.41. The number of hydrogen-bond acceptors (Lipinski definition) is 3. The van der Waals surface area contributed by atoms with Crippen LogP contribution in [0.1, 0.15) is 13.3 Å². The van der Waals surface area contributed by atoms with Crippen LogP contribution in [0, 0.1) is 5.92 Å². The van der Waals surface area contributed by atoms with Gasteiger partial charge in [-0.05, 0) is 6.42 Å². The van der Waals surface area contributed by atoms with E-state index < -0.39 is 5.97 Å². The fourth-order valence-electron chi connectivity index (χ4n) is 1.56. The summed E-state index contributed by atoms with van der Waals surface area (Å²) in [5.74, 6) is -1.49. The third kappa shape index (κ3) is 1.98. The molecule has 5 nitrogen and oxygen atoms in total. The minimum atomic E-state index is -0.796. The molecule has 0 aromatic heterocycles. The van der Waals surface area contributed by atoms with Gasteiger partial charge in [-0.25, -0.2) is 0 Å². The van der Waals surface area contributed by atoms with Crippen molar-refractivity contribution < 1.29 is 14.7 Å². The first kappa shape index (κ1) is 9.98. The average Bonchev–Trinajstić information content (AvgIpc) is 1.93. The molecule has 0 aromatic carbocycles. The van der Waals surface area contributed by atoms with Crippen LogP contribution in [0.15, 0.2) is 0 Å². The fourth-order valence-corrected chi connectivity index (χ4v) is 1.56. The Bertz CT molecular complexity index is 223. The van der Waals surface area contributed by atoms with Crippen LogP contribution >= 0.6 is 0 Å². The van der Waals surface area contributed by atoms with E-state index in [1.54, 1.807) is 4.90 Å². The largest absolute Gasteiger partial charge is 0.481 e. The van der Waals surface area contributed by atoms with Crippen LogP contribution in [0.2, 0.25) is 0 Å². The number of hydrogen-bond donors (Lipinski definition) is 2. The van der Waals surface area contributed by atoms with Gasteiger partial charge < -0.3 is 10.8 Å².